The second-order valence-electron chi connectivity index (χ2n) is 5.13. The van der Waals surface area contributed by atoms with Crippen LogP contribution in [0.3, 0.4) is 0 Å². The van der Waals surface area contributed by atoms with Gasteiger partial charge in [-0.25, -0.2) is 0 Å². The molecule has 3 rings (SSSR count). The van der Waals surface area contributed by atoms with Gasteiger partial charge < -0.3 is 14.2 Å². The predicted molar refractivity (Wildman–Crippen MR) is 86.6 cm³/mol. The number of ether oxygens (including phenoxy) is 3. The fourth-order valence-corrected chi connectivity index (χ4v) is 3.16. The lowest BCUT2D eigenvalue weighted by Crippen LogP contribution is -2.34. The standard InChI is InChI=1S/C16H15NO6S/c1-3-21-14(18)7-17-15(19)13(24-16(17)20)6-10-5-12-11(4-9(10)2)22-8-23-12/h4-6H,3,7-8H2,1-2H3/b13-6+. The summed E-state index contributed by atoms with van der Waals surface area (Å²) in [5, 5.41) is -0.488. The van der Waals surface area contributed by atoms with Gasteiger partial charge in [0, 0.05) is 0 Å². The number of hydrogen-bond donors (Lipinski definition) is 0. The van der Waals surface area contributed by atoms with Crippen LogP contribution in [0, 0.1) is 6.92 Å². The van der Waals surface area contributed by atoms with E-state index in [0.717, 1.165) is 27.8 Å². The zero-order chi connectivity index (χ0) is 17.3. The molecule has 0 bridgehead atoms. The van der Waals surface area contributed by atoms with E-state index in [2.05, 4.69) is 0 Å². The molecule has 2 amide bonds. The van der Waals surface area contributed by atoms with Gasteiger partial charge in [-0.05, 0) is 54.9 Å². The van der Waals surface area contributed by atoms with Crippen molar-refractivity contribution in [1.82, 2.24) is 4.90 Å². The van der Waals surface area contributed by atoms with Gasteiger partial charge in [0.05, 0.1) is 11.5 Å². The van der Waals surface area contributed by atoms with Crippen molar-refractivity contribution >= 4 is 35.0 Å². The highest BCUT2D eigenvalue weighted by Crippen LogP contribution is 2.37. The van der Waals surface area contributed by atoms with Crippen LogP contribution in [-0.4, -0.2) is 42.0 Å². The summed E-state index contributed by atoms with van der Waals surface area (Å²) in [7, 11) is 0. The molecule has 7 nitrogen and oxygen atoms in total. The van der Waals surface area contributed by atoms with E-state index in [1.54, 1.807) is 19.1 Å². The first-order chi connectivity index (χ1) is 11.5. The number of rotatable bonds is 4. The molecule has 2 aliphatic heterocycles. The number of carbonyl (C=O) groups excluding carboxylic acids is 3. The molecule has 0 aromatic heterocycles. The second kappa shape index (κ2) is 6.56. The van der Waals surface area contributed by atoms with Crippen molar-refractivity contribution in [2.75, 3.05) is 19.9 Å². The van der Waals surface area contributed by atoms with Crippen molar-refractivity contribution in [1.29, 1.82) is 0 Å². The second-order valence-corrected chi connectivity index (χ2v) is 6.13. The average Bonchev–Trinajstić information content (AvgIpc) is 3.07. The number of imide groups is 1. The Morgan fingerprint density at radius 2 is 2.04 bits per heavy atom. The number of benzene rings is 1. The van der Waals surface area contributed by atoms with Gasteiger partial charge in [-0.3, -0.25) is 19.3 Å². The Balaban J connectivity index is 1.83. The van der Waals surface area contributed by atoms with Crippen LogP contribution in [0.2, 0.25) is 0 Å². The third-order valence-electron chi connectivity index (χ3n) is 3.51. The maximum absolute atomic E-state index is 12.4. The molecule has 1 aromatic carbocycles. The summed E-state index contributed by atoms with van der Waals surface area (Å²) in [6.45, 7) is 3.51. The highest BCUT2D eigenvalue weighted by Gasteiger charge is 2.36. The molecule has 0 aliphatic carbocycles. The Morgan fingerprint density at radius 1 is 1.33 bits per heavy atom. The van der Waals surface area contributed by atoms with Crippen LogP contribution in [0.5, 0.6) is 11.5 Å². The first-order valence-electron chi connectivity index (χ1n) is 7.31. The van der Waals surface area contributed by atoms with Crippen molar-refractivity contribution in [3.8, 4) is 11.5 Å². The minimum absolute atomic E-state index is 0.161. The van der Waals surface area contributed by atoms with E-state index >= 15 is 0 Å². The van der Waals surface area contributed by atoms with Gasteiger partial charge in [0.15, 0.2) is 11.5 Å². The fraction of sp³-hybridized carbons (Fsp3) is 0.312. The monoisotopic (exact) mass is 349 g/mol. The molecule has 0 saturated carbocycles. The third-order valence-corrected chi connectivity index (χ3v) is 4.42. The summed E-state index contributed by atoms with van der Waals surface area (Å²) in [4.78, 5) is 37.0. The van der Waals surface area contributed by atoms with Crippen LogP contribution in [-0.2, 0) is 14.3 Å². The average molecular weight is 349 g/mol. The van der Waals surface area contributed by atoms with Gasteiger partial charge in [0.2, 0.25) is 6.79 Å². The zero-order valence-electron chi connectivity index (χ0n) is 13.2. The van der Waals surface area contributed by atoms with Crippen molar-refractivity contribution in [2.24, 2.45) is 0 Å². The molecular formula is C16H15NO6S. The molecule has 0 N–H and O–H groups in total. The quantitative estimate of drug-likeness (QED) is 0.609. The number of amides is 2. The largest absolute Gasteiger partial charge is 0.465 e. The van der Waals surface area contributed by atoms with Crippen LogP contribution >= 0.6 is 11.8 Å². The molecular weight excluding hydrogens is 334 g/mol. The normalized spacial score (nSPS) is 17.8. The lowest BCUT2D eigenvalue weighted by molar-refractivity contribution is -0.145. The summed E-state index contributed by atoms with van der Waals surface area (Å²) in [6.07, 6.45) is 1.62. The molecule has 2 heterocycles. The molecule has 1 fully saturated rings. The van der Waals surface area contributed by atoms with Crippen LogP contribution in [0.15, 0.2) is 17.0 Å². The van der Waals surface area contributed by atoms with Gasteiger partial charge in [0.1, 0.15) is 6.54 Å². The Bertz CT molecular complexity index is 757. The van der Waals surface area contributed by atoms with Crippen LogP contribution in [0.1, 0.15) is 18.1 Å². The number of aryl methyl sites for hydroxylation is 1. The maximum Gasteiger partial charge on any atom is 0.326 e. The van der Waals surface area contributed by atoms with E-state index in [0.29, 0.717) is 11.5 Å². The molecule has 1 aromatic rings. The van der Waals surface area contributed by atoms with Crippen molar-refractivity contribution in [3.63, 3.8) is 0 Å². The molecule has 126 valence electrons. The zero-order valence-corrected chi connectivity index (χ0v) is 14.0. The number of carbonyl (C=O) groups is 3. The van der Waals surface area contributed by atoms with Gasteiger partial charge in [-0.15, -0.1) is 0 Å². The van der Waals surface area contributed by atoms with E-state index in [1.165, 1.54) is 0 Å². The van der Waals surface area contributed by atoms with Crippen LogP contribution in [0.4, 0.5) is 4.79 Å². The topological polar surface area (TPSA) is 82.1 Å². The van der Waals surface area contributed by atoms with E-state index in [9.17, 15) is 14.4 Å². The molecule has 2 aliphatic rings. The fourth-order valence-electron chi connectivity index (χ4n) is 2.33. The summed E-state index contributed by atoms with van der Waals surface area (Å²) in [5.74, 6) is 0.132. The summed E-state index contributed by atoms with van der Waals surface area (Å²) >= 11 is 0.797. The Labute approximate surface area is 142 Å². The first-order valence-corrected chi connectivity index (χ1v) is 8.12. The number of thioether (sulfide) groups is 1. The van der Waals surface area contributed by atoms with Gasteiger partial charge in [0.25, 0.3) is 11.1 Å². The van der Waals surface area contributed by atoms with E-state index in [1.807, 2.05) is 13.0 Å². The maximum atomic E-state index is 12.4. The predicted octanol–water partition coefficient (Wildman–Crippen LogP) is 2.32. The van der Waals surface area contributed by atoms with Crippen molar-refractivity contribution < 1.29 is 28.6 Å². The minimum Gasteiger partial charge on any atom is -0.465 e. The van der Waals surface area contributed by atoms with E-state index < -0.39 is 17.1 Å². The number of fused-ring (bicyclic) bond motifs is 1. The molecule has 24 heavy (non-hydrogen) atoms. The highest BCUT2D eigenvalue weighted by molar-refractivity contribution is 8.18. The van der Waals surface area contributed by atoms with Gasteiger partial charge >= 0.3 is 5.97 Å². The Kier molecular flexibility index (Phi) is 4.48. The number of hydrogen-bond acceptors (Lipinski definition) is 7. The Hall–Kier alpha value is -2.48. The first kappa shape index (κ1) is 16.4. The lowest BCUT2D eigenvalue weighted by Gasteiger charge is -2.10. The van der Waals surface area contributed by atoms with Crippen LogP contribution < -0.4 is 9.47 Å². The molecule has 1 saturated heterocycles. The number of esters is 1. The summed E-state index contributed by atoms with van der Waals surface area (Å²) in [5.41, 5.74) is 1.64. The molecule has 0 atom stereocenters. The Morgan fingerprint density at radius 3 is 2.75 bits per heavy atom. The van der Waals surface area contributed by atoms with Crippen LogP contribution in [0.25, 0.3) is 6.08 Å². The minimum atomic E-state index is -0.611. The molecule has 0 spiro atoms. The summed E-state index contributed by atoms with van der Waals surface area (Å²) < 4.78 is 15.4. The third kappa shape index (κ3) is 3.09. The molecule has 8 heteroatoms. The van der Waals surface area contributed by atoms with Crippen molar-refractivity contribution in [2.45, 2.75) is 13.8 Å². The molecule has 0 radical (unpaired) electrons. The van der Waals surface area contributed by atoms with Gasteiger partial charge in [-0.2, -0.15) is 0 Å². The number of nitrogens with zero attached hydrogens (tertiary/aromatic N) is 1. The highest BCUT2D eigenvalue weighted by atomic mass is 32.2. The summed E-state index contributed by atoms with van der Waals surface area (Å²) in [6, 6.07) is 3.58. The SMILES string of the molecule is CCOC(=O)CN1C(=O)S/C(=C/c2cc3c(cc2C)OCO3)C1=O. The van der Waals surface area contributed by atoms with Gasteiger partial charge in [-0.1, -0.05) is 0 Å². The smallest absolute Gasteiger partial charge is 0.326 e. The van der Waals surface area contributed by atoms with Crippen molar-refractivity contribution in [3.05, 3.63) is 28.2 Å². The lowest BCUT2D eigenvalue weighted by atomic mass is 10.1. The van der Waals surface area contributed by atoms with E-state index in [4.69, 9.17) is 14.2 Å². The van der Waals surface area contributed by atoms with E-state index in [-0.39, 0.29) is 24.8 Å². The molecule has 0 unspecified atom stereocenters.